The SMILES string of the molecule is COc1cc2c(cc1OC)CN(C(=O)Cn1cnnc1C#N)CC2. The van der Waals surface area contributed by atoms with Crippen LogP contribution in [-0.2, 0) is 24.3 Å². The highest BCUT2D eigenvalue weighted by molar-refractivity contribution is 5.76. The summed E-state index contributed by atoms with van der Waals surface area (Å²) >= 11 is 0. The first-order valence-corrected chi connectivity index (χ1v) is 7.45. The molecule has 1 aromatic heterocycles. The van der Waals surface area contributed by atoms with Gasteiger partial charge in [-0.3, -0.25) is 9.36 Å². The Balaban J connectivity index is 1.77. The van der Waals surface area contributed by atoms with Crippen molar-refractivity contribution in [3.8, 4) is 17.6 Å². The number of nitrogens with zero attached hydrogens (tertiary/aromatic N) is 5. The van der Waals surface area contributed by atoms with Gasteiger partial charge in [0.1, 0.15) is 18.9 Å². The molecule has 3 rings (SSSR count). The molecule has 8 heteroatoms. The van der Waals surface area contributed by atoms with Crippen LogP contribution in [0.1, 0.15) is 17.0 Å². The monoisotopic (exact) mass is 327 g/mol. The lowest BCUT2D eigenvalue weighted by Gasteiger charge is -2.29. The van der Waals surface area contributed by atoms with Crippen LogP contribution >= 0.6 is 0 Å². The lowest BCUT2D eigenvalue weighted by molar-refractivity contribution is -0.132. The third-order valence-electron chi connectivity index (χ3n) is 4.09. The summed E-state index contributed by atoms with van der Waals surface area (Å²) in [4.78, 5) is 14.3. The molecule has 1 aliphatic rings. The minimum absolute atomic E-state index is 0.0541. The Hall–Kier alpha value is -3.08. The zero-order chi connectivity index (χ0) is 17.1. The predicted octanol–water partition coefficient (Wildman–Crippen LogP) is 0.752. The van der Waals surface area contributed by atoms with Crippen molar-refractivity contribution in [3.63, 3.8) is 0 Å². The Morgan fingerprint density at radius 1 is 1.29 bits per heavy atom. The van der Waals surface area contributed by atoms with Crippen molar-refractivity contribution in [2.24, 2.45) is 0 Å². The Bertz CT molecular complexity index is 809. The number of nitriles is 1. The largest absolute Gasteiger partial charge is 0.493 e. The highest BCUT2D eigenvalue weighted by Gasteiger charge is 2.23. The summed E-state index contributed by atoms with van der Waals surface area (Å²) in [5.41, 5.74) is 2.19. The number of hydrogen-bond donors (Lipinski definition) is 0. The summed E-state index contributed by atoms with van der Waals surface area (Å²) < 4.78 is 12.1. The minimum atomic E-state index is -0.0771. The van der Waals surface area contributed by atoms with E-state index >= 15 is 0 Å². The molecule has 124 valence electrons. The van der Waals surface area contributed by atoms with E-state index in [9.17, 15) is 4.79 Å². The van der Waals surface area contributed by atoms with Gasteiger partial charge in [0.25, 0.3) is 0 Å². The standard InChI is InChI=1S/C16H17N5O3/c1-23-13-5-11-3-4-20(8-12(11)6-14(13)24-2)16(22)9-21-10-18-19-15(21)7-17/h5-6,10H,3-4,8-9H2,1-2H3. The number of ether oxygens (including phenoxy) is 2. The molecule has 0 N–H and O–H groups in total. The van der Waals surface area contributed by atoms with Crippen LogP contribution in [0, 0.1) is 11.3 Å². The molecule has 2 aromatic rings. The quantitative estimate of drug-likeness (QED) is 0.823. The molecule has 0 radical (unpaired) electrons. The van der Waals surface area contributed by atoms with Crippen molar-refractivity contribution in [1.82, 2.24) is 19.7 Å². The first-order chi connectivity index (χ1) is 11.7. The van der Waals surface area contributed by atoms with E-state index in [1.165, 1.54) is 10.9 Å². The molecule has 0 atom stereocenters. The van der Waals surface area contributed by atoms with Crippen LogP contribution in [0.4, 0.5) is 0 Å². The molecule has 0 saturated heterocycles. The zero-order valence-corrected chi connectivity index (χ0v) is 13.5. The summed E-state index contributed by atoms with van der Waals surface area (Å²) in [7, 11) is 3.19. The van der Waals surface area contributed by atoms with Crippen LogP contribution in [0.3, 0.4) is 0 Å². The van der Waals surface area contributed by atoms with Crippen LogP contribution in [-0.4, -0.2) is 46.3 Å². The molecular formula is C16H17N5O3. The number of fused-ring (bicyclic) bond motifs is 1. The molecule has 1 amide bonds. The van der Waals surface area contributed by atoms with Crippen molar-refractivity contribution in [3.05, 3.63) is 35.4 Å². The van der Waals surface area contributed by atoms with Crippen LogP contribution in [0.25, 0.3) is 0 Å². The van der Waals surface area contributed by atoms with E-state index < -0.39 is 0 Å². The van der Waals surface area contributed by atoms with Gasteiger partial charge in [-0.15, -0.1) is 10.2 Å². The van der Waals surface area contributed by atoms with Gasteiger partial charge in [0.15, 0.2) is 11.5 Å². The molecule has 0 unspecified atom stereocenters. The number of amides is 1. The van der Waals surface area contributed by atoms with Crippen molar-refractivity contribution in [2.45, 2.75) is 19.5 Å². The fourth-order valence-electron chi connectivity index (χ4n) is 2.80. The van der Waals surface area contributed by atoms with Gasteiger partial charge in [-0.1, -0.05) is 0 Å². The maximum Gasteiger partial charge on any atom is 0.242 e. The predicted molar refractivity (Wildman–Crippen MR) is 83.4 cm³/mol. The Morgan fingerprint density at radius 3 is 2.67 bits per heavy atom. The zero-order valence-electron chi connectivity index (χ0n) is 13.5. The second-order valence-corrected chi connectivity index (χ2v) is 5.44. The summed E-state index contributed by atoms with van der Waals surface area (Å²) in [5, 5.41) is 16.3. The van der Waals surface area contributed by atoms with Gasteiger partial charge >= 0.3 is 0 Å². The topological polar surface area (TPSA) is 93.3 Å². The van der Waals surface area contributed by atoms with Crippen molar-refractivity contribution in [1.29, 1.82) is 5.26 Å². The maximum atomic E-state index is 12.5. The van der Waals surface area contributed by atoms with Gasteiger partial charge in [-0.25, -0.2) is 0 Å². The molecule has 0 aliphatic carbocycles. The number of methoxy groups -OCH3 is 2. The normalized spacial score (nSPS) is 13.1. The lowest BCUT2D eigenvalue weighted by atomic mass is 9.98. The van der Waals surface area contributed by atoms with Crippen LogP contribution in [0.15, 0.2) is 18.5 Å². The molecule has 1 aliphatic heterocycles. The number of carbonyl (C=O) groups excluding carboxylic acids is 1. The minimum Gasteiger partial charge on any atom is -0.493 e. The first kappa shape index (κ1) is 15.8. The maximum absolute atomic E-state index is 12.5. The van der Waals surface area contributed by atoms with Gasteiger partial charge < -0.3 is 14.4 Å². The van der Waals surface area contributed by atoms with Gasteiger partial charge in [-0.05, 0) is 29.7 Å². The van der Waals surface area contributed by atoms with Crippen molar-refractivity contribution in [2.75, 3.05) is 20.8 Å². The van der Waals surface area contributed by atoms with Crippen LogP contribution in [0.5, 0.6) is 11.5 Å². The second kappa shape index (κ2) is 6.58. The van der Waals surface area contributed by atoms with E-state index in [1.807, 2.05) is 18.2 Å². The van der Waals surface area contributed by atoms with E-state index in [2.05, 4.69) is 10.2 Å². The van der Waals surface area contributed by atoms with Gasteiger partial charge in [0.2, 0.25) is 11.7 Å². The second-order valence-electron chi connectivity index (χ2n) is 5.44. The summed E-state index contributed by atoms with van der Waals surface area (Å²) in [6, 6.07) is 5.79. The lowest BCUT2D eigenvalue weighted by Crippen LogP contribution is -2.38. The van der Waals surface area contributed by atoms with Gasteiger partial charge in [0, 0.05) is 13.1 Å². The average molecular weight is 327 g/mol. The fourth-order valence-corrected chi connectivity index (χ4v) is 2.80. The number of aromatic nitrogens is 3. The molecule has 0 fully saturated rings. The van der Waals surface area contributed by atoms with Gasteiger partial charge in [-0.2, -0.15) is 5.26 Å². The third kappa shape index (κ3) is 2.88. The average Bonchev–Trinajstić information content (AvgIpc) is 3.06. The van der Waals surface area contributed by atoms with Crippen molar-refractivity contribution >= 4 is 5.91 Å². The molecular weight excluding hydrogens is 310 g/mol. The highest BCUT2D eigenvalue weighted by Crippen LogP contribution is 2.33. The Labute approximate surface area is 139 Å². The van der Waals surface area contributed by atoms with E-state index in [-0.39, 0.29) is 18.3 Å². The van der Waals surface area contributed by atoms with E-state index in [0.29, 0.717) is 24.6 Å². The van der Waals surface area contributed by atoms with Gasteiger partial charge in [0.05, 0.1) is 14.2 Å². The van der Waals surface area contributed by atoms with Crippen LogP contribution < -0.4 is 9.47 Å². The third-order valence-corrected chi connectivity index (χ3v) is 4.09. The molecule has 0 spiro atoms. The summed E-state index contributed by atoms with van der Waals surface area (Å²) in [6.07, 6.45) is 2.14. The van der Waals surface area contributed by atoms with E-state index in [1.54, 1.807) is 19.1 Å². The molecule has 0 saturated carbocycles. The fraction of sp³-hybridized carbons (Fsp3) is 0.375. The summed E-state index contributed by atoms with van der Waals surface area (Å²) in [6.45, 7) is 1.17. The number of benzene rings is 1. The van der Waals surface area contributed by atoms with E-state index in [0.717, 1.165) is 17.5 Å². The number of hydrogen-bond acceptors (Lipinski definition) is 6. The Kier molecular flexibility index (Phi) is 4.33. The number of rotatable bonds is 4. The summed E-state index contributed by atoms with van der Waals surface area (Å²) in [5.74, 6) is 1.40. The number of carbonyl (C=O) groups is 1. The van der Waals surface area contributed by atoms with E-state index in [4.69, 9.17) is 14.7 Å². The first-order valence-electron chi connectivity index (χ1n) is 7.45. The molecule has 1 aromatic carbocycles. The molecule has 2 heterocycles. The molecule has 24 heavy (non-hydrogen) atoms. The van der Waals surface area contributed by atoms with Crippen molar-refractivity contribution < 1.29 is 14.3 Å². The smallest absolute Gasteiger partial charge is 0.242 e. The van der Waals surface area contributed by atoms with Crippen LogP contribution in [0.2, 0.25) is 0 Å². The highest BCUT2D eigenvalue weighted by atomic mass is 16.5. The molecule has 8 nitrogen and oxygen atoms in total. The molecule has 0 bridgehead atoms. The Morgan fingerprint density at radius 2 is 2.00 bits per heavy atom.